The molecule has 2 N–H and O–H groups in total. The van der Waals surface area contributed by atoms with Gasteiger partial charge in [0.15, 0.2) is 0 Å². The average Bonchev–Trinajstić information content (AvgIpc) is 2.38. The van der Waals surface area contributed by atoms with Crippen molar-refractivity contribution in [3.63, 3.8) is 0 Å². The van der Waals surface area contributed by atoms with Gasteiger partial charge < -0.3 is 5.73 Å². The third-order valence-electron chi connectivity index (χ3n) is 2.75. The summed E-state index contributed by atoms with van der Waals surface area (Å²) in [6.45, 7) is 1.64. The molecule has 21 heavy (non-hydrogen) atoms. The Morgan fingerprint density at radius 3 is 2.43 bits per heavy atom. The van der Waals surface area contributed by atoms with E-state index in [0.717, 1.165) is 24.0 Å². The third kappa shape index (κ3) is 3.74. The first-order chi connectivity index (χ1) is 9.79. The van der Waals surface area contributed by atoms with Crippen molar-refractivity contribution < 1.29 is 17.6 Å². The van der Waals surface area contributed by atoms with Crippen molar-refractivity contribution >= 4 is 11.8 Å². The second-order valence-electron chi connectivity index (χ2n) is 4.43. The van der Waals surface area contributed by atoms with Gasteiger partial charge in [0.2, 0.25) is 0 Å². The van der Waals surface area contributed by atoms with E-state index in [0.29, 0.717) is 15.5 Å². The fourth-order valence-corrected chi connectivity index (χ4v) is 2.78. The van der Waals surface area contributed by atoms with Gasteiger partial charge in [-0.3, -0.25) is 0 Å². The van der Waals surface area contributed by atoms with E-state index in [1.807, 2.05) is 0 Å². The standard InChI is InChI=1S/C14H12F4N2S/c1-8(19)13-10(15)3-2-4-11(13)21-12-6-5-9(7-20-12)14(16,17)18/h2-8H,19H2,1H3/t8-/m1/s1. The Labute approximate surface area is 123 Å². The van der Waals surface area contributed by atoms with Crippen LogP contribution in [-0.2, 0) is 6.18 Å². The summed E-state index contributed by atoms with van der Waals surface area (Å²) in [5.41, 5.74) is 5.23. The normalized spacial score (nSPS) is 13.2. The second kappa shape index (κ2) is 6.03. The summed E-state index contributed by atoms with van der Waals surface area (Å²) in [6.07, 6.45) is -3.67. The highest BCUT2D eigenvalue weighted by Crippen LogP contribution is 2.34. The summed E-state index contributed by atoms with van der Waals surface area (Å²) in [5.74, 6) is -0.443. The van der Waals surface area contributed by atoms with Crippen molar-refractivity contribution in [2.45, 2.75) is 29.1 Å². The number of rotatable bonds is 3. The molecule has 2 rings (SSSR count). The Balaban J connectivity index is 2.29. The molecule has 0 bridgehead atoms. The molecule has 0 radical (unpaired) electrons. The van der Waals surface area contributed by atoms with Crippen LogP contribution in [0.3, 0.4) is 0 Å². The first kappa shape index (κ1) is 15.8. The number of nitrogens with two attached hydrogens (primary N) is 1. The molecule has 0 aliphatic heterocycles. The summed E-state index contributed by atoms with van der Waals surface area (Å²) in [7, 11) is 0. The van der Waals surface area contributed by atoms with Crippen LogP contribution < -0.4 is 5.73 Å². The van der Waals surface area contributed by atoms with Crippen LogP contribution in [-0.4, -0.2) is 4.98 Å². The van der Waals surface area contributed by atoms with Gasteiger partial charge in [-0.05, 0) is 31.2 Å². The monoisotopic (exact) mass is 316 g/mol. The Hall–Kier alpha value is -1.60. The predicted octanol–water partition coefficient (Wildman–Crippen LogP) is 4.41. The van der Waals surface area contributed by atoms with Gasteiger partial charge in [0.25, 0.3) is 0 Å². The number of alkyl halides is 3. The first-order valence-corrected chi connectivity index (χ1v) is 6.86. The van der Waals surface area contributed by atoms with Gasteiger partial charge in [0.05, 0.1) is 5.56 Å². The molecule has 1 heterocycles. The molecule has 0 amide bonds. The lowest BCUT2D eigenvalue weighted by atomic mass is 10.1. The summed E-state index contributed by atoms with van der Waals surface area (Å²) in [6, 6.07) is 6.15. The maximum Gasteiger partial charge on any atom is 0.417 e. The molecular formula is C14H12F4N2S. The zero-order chi connectivity index (χ0) is 15.6. The Morgan fingerprint density at radius 1 is 1.19 bits per heavy atom. The number of aromatic nitrogens is 1. The van der Waals surface area contributed by atoms with Gasteiger partial charge in [-0.15, -0.1) is 0 Å². The SMILES string of the molecule is C[C@@H](N)c1c(F)cccc1Sc1ccc(C(F)(F)F)cn1. The van der Waals surface area contributed by atoms with Crippen LogP contribution in [0.2, 0.25) is 0 Å². The van der Waals surface area contributed by atoms with E-state index in [1.165, 1.54) is 18.2 Å². The molecule has 0 unspecified atom stereocenters. The zero-order valence-corrected chi connectivity index (χ0v) is 11.8. The van der Waals surface area contributed by atoms with Crippen molar-refractivity contribution in [2.24, 2.45) is 5.73 Å². The van der Waals surface area contributed by atoms with Crippen molar-refractivity contribution in [2.75, 3.05) is 0 Å². The van der Waals surface area contributed by atoms with Crippen LogP contribution in [0, 0.1) is 5.82 Å². The first-order valence-electron chi connectivity index (χ1n) is 6.04. The number of pyridine rings is 1. The van der Waals surface area contributed by atoms with Crippen molar-refractivity contribution in [3.05, 3.63) is 53.5 Å². The Morgan fingerprint density at radius 2 is 1.90 bits per heavy atom. The minimum absolute atomic E-state index is 0.323. The topological polar surface area (TPSA) is 38.9 Å². The molecule has 1 atom stereocenters. The summed E-state index contributed by atoms with van der Waals surface area (Å²) in [4.78, 5) is 4.29. The van der Waals surface area contributed by atoms with Gasteiger partial charge in [-0.25, -0.2) is 9.37 Å². The lowest BCUT2D eigenvalue weighted by Gasteiger charge is -2.13. The van der Waals surface area contributed by atoms with Crippen LogP contribution in [0.4, 0.5) is 17.6 Å². The van der Waals surface area contributed by atoms with Crippen molar-refractivity contribution in [3.8, 4) is 0 Å². The van der Waals surface area contributed by atoms with Crippen LogP contribution in [0.1, 0.15) is 24.1 Å². The predicted molar refractivity (Wildman–Crippen MR) is 72.4 cm³/mol. The summed E-state index contributed by atoms with van der Waals surface area (Å²) < 4.78 is 51.1. The summed E-state index contributed by atoms with van der Waals surface area (Å²) in [5, 5.41) is 0.343. The highest BCUT2D eigenvalue weighted by molar-refractivity contribution is 7.99. The van der Waals surface area contributed by atoms with E-state index in [-0.39, 0.29) is 0 Å². The zero-order valence-electron chi connectivity index (χ0n) is 11.0. The molecule has 1 aromatic carbocycles. The van der Waals surface area contributed by atoms with E-state index in [2.05, 4.69) is 4.98 Å². The number of hydrogen-bond acceptors (Lipinski definition) is 3. The van der Waals surface area contributed by atoms with Crippen LogP contribution in [0.5, 0.6) is 0 Å². The van der Waals surface area contributed by atoms with Crippen LogP contribution in [0.25, 0.3) is 0 Å². The molecule has 2 nitrogen and oxygen atoms in total. The van der Waals surface area contributed by atoms with Gasteiger partial charge in [0.1, 0.15) is 10.8 Å². The maximum atomic E-state index is 13.8. The van der Waals surface area contributed by atoms with Gasteiger partial charge >= 0.3 is 6.18 Å². The van der Waals surface area contributed by atoms with Crippen LogP contribution in [0.15, 0.2) is 46.5 Å². The van der Waals surface area contributed by atoms with E-state index in [9.17, 15) is 17.6 Å². The van der Waals surface area contributed by atoms with E-state index in [1.54, 1.807) is 13.0 Å². The Kier molecular flexibility index (Phi) is 4.53. The number of nitrogens with zero attached hydrogens (tertiary/aromatic N) is 1. The average molecular weight is 316 g/mol. The molecule has 0 saturated carbocycles. The van der Waals surface area contributed by atoms with Crippen molar-refractivity contribution in [1.29, 1.82) is 0 Å². The third-order valence-corrected chi connectivity index (χ3v) is 3.77. The maximum absolute atomic E-state index is 13.8. The van der Waals surface area contributed by atoms with Gasteiger partial charge in [-0.1, -0.05) is 17.8 Å². The molecular weight excluding hydrogens is 304 g/mol. The molecule has 0 aliphatic rings. The largest absolute Gasteiger partial charge is 0.417 e. The fourth-order valence-electron chi connectivity index (χ4n) is 1.77. The summed E-state index contributed by atoms with van der Waals surface area (Å²) >= 11 is 1.08. The highest BCUT2D eigenvalue weighted by Gasteiger charge is 2.30. The fraction of sp³-hybridized carbons (Fsp3) is 0.214. The number of hydrogen-bond donors (Lipinski definition) is 1. The molecule has 0 fully saturated rings. The minimum Gasteiger partial charge on any atom is -0.324 e. The van der Waals surface area contributed by atoms with Gasteiger partial charge in [0, 0.05) is 22.7 Å². The lowest BCUT2D eigenvalue weighted by molar-refractivity contribution is -0.137. The smallest absolute Gasteiger partial charge is 0.324 e. The van der Waals surface area contributed by atoms with E-state index >= 15 is 0 Å². The number of benzene rings is 1. The molecule has 0 saturated heterocycles. The highest BCUT2D eigenvalue weighted by atomic mass is 32.2. The molecule has 2 aromatic rings. The quantitative estimate of drug-likeness (QED) is 0.853. The lowest BCUT2D eigenvalue weighted by Crippen LogP contribution is -2.09. The molecule has 1 aromatic heterocycles. The molecule has 0 spiro atoms. The van der Waals surface area contributed by atoms with E-state index in [4.69, 9.17) is 5.73 Å². The van der Waals surface area contributed by atoms with Gasteiger partial charge in [-0.2, -0.15) is 13.2 Å². The number of halogens is 4. The van der Waals surface area contributed by atoms with Crippen molar-refractivity contribution in [1.82, 2.24) is 4.98 Å². The van der Waals surface area contributed by atoms with Crippen LogP contribution >= 0.6 is 11.8 Å². The molecule has 112 valence electrons. The molecule has 0 aliphatic carbocycles. The Bertz CT molecular complexity index is 624. The molecule has 7 heteroatoms. The van der Waals surface area contributed by atoms with E-state index < -0.39 is 23.6 Å². The minimum atomic E-state index is -4.42. The second-order valence-corrected chi connectivity index (χ2v) is 5.49.